The number of hydrogen-bond donors (Lipinski definition) is 2. The van der Waals surface area contributed by atoms with Crippen molar-refractivity contribution in [2.75, 3.05) is 0 Å². The highest BCUT2D eigenvalue weighted by atomic mass is 14.7. The van der Waals surface area contributed by atoms with Crippen molar-refractivity contribution >= 4 is 32.7 Å². The Kier molecular flexibility index (Phi) is 4.57. The van der Waals surface area contributed by atoms with Gasteiger partial charge in [0.05, 0.1) is 5.52 Å². The van der Waals surface area contributed by atoms with E-state index in [0.717, 1.165) is 6.42 Å². The Hall–Kier alpha value is -3.78. The van der Waals surface area contributed by atoms with E-state index in [-0.39, 0.29) is 0 Å². The lowest BCUT2D eigenvalue weighted by Gasteiger charge is -2.15. The lowest BCUT2D eigenvalue weighted by molar-refractivity contribution is 0.799. The Morgan fingerprint density at radius 3 is 2.25 bits per heavy atom. The van der Waals surface area contributed by atoms with Gasteiger partial charge in [0.2, 0.25) is 0 Å². The van der Waals surface area contributed by atoms with Gasteiger partial charge >= 0.3 is 0 Å². The van der Waals surface area contributed by atoms with E-state index in [1.54, 1.807) is 0 Å². The zero-order chi connectivity index (χ0) is 21.5. The van der Waals surface area contributed by atoms with Gasteiger partial charge in [-0.15, -0.1) is 0 Å². The van der Waals surface area contributed by atoms with Crippen LogP contribution in [-0.2, 0) is 6.42 Å². The summed E-state index contributed by atoms with van der Waals surface area (Å²) in [6.07, 6.45) is 5.63. The number of H-pyrrole nitrogens is 2. The van der Waals surface area contributed by atoms with Crippen LogP contribution in [0.3, 0.4) is 0 Å². The Morgan fingerprint density at radius 2 is 1.44 bits per heavy atom. The number of benzene rings is 4. The van der Waals surface area contributed by atoms with Gasteiger partial charge in [0, 0.05) is 44.5 Å². The van der Waals surface area contributed by atoms with Gasteiger partial charge in [-0.25, -0.2) is 0 Å². The average molecular weight is 415 g/mol. The van der Waals surface area contributed by atoms with Crippen LogP contribution in [-0.4, -0.2) is 9.97 Å². The molecule has 0 spiro atoms. The van der Waals surface area contributed by atoms with E-state index >= 15 is 0 Å². The molecule has 2 N–H and O–H groups in total. The molecule has 156 valence electrons. The molecule has 0 unspecified atom stereocenters. The van der Waals surface area contributed by atoms with Gasteiger partial charge < -0.3 is 9.97 Å². The molecule has 0 aliphatic rings. The summed E-state index contributed by atoms with van der Waals surface area (Å²) in [5.74, 6) is 0. The molecule has 0 saturated carbocycles. The smallest absolute Gasteiger partial charge is 0.0554 e. The highest BCUT2D eigenvalue weighted by Gasteiger charge is 2.20. The molecule has 0 atom stereocenters. The van der Waals surface area contributed by atoms with Gasteiger partial charge in [-0.2, -0.15) is 0 Å². The van der Waals surface area contributed by atoms with Gasteiger partial charge in [0.25, 0.3) is 0 Å². The van der Waals surface area contributed by atoms with E-state index in [1.807, 2.05) is 0 Å². The predicted molar refractivity (Wildman–Crippen MR) is 137 cm³/mol. The fourth-order valence-electron chi connectivity index (χ4n) is 5.08. The van der Waals surface area contributed by atoms with Crippen LogP contribution in [0.25, 0.3) is 55.0 Å². The van der Waals surface area contributed by atoms with E-state index in [4.69, 9.17) is 0 Å². The monoisotopic (exact) mass is 414 g/mol. The number of unbranched alkanes of at least 4 members (excludes halogenated alkanes) is 1. The maximum Gasteiger partial charge on any atom is 0.0554 e. The normalized spacial score (nSPS) is 11.7. The van der Waals surface area contributed by atoms with Crippen LogP contribution in [0.5, 0.6) is 0 Å². The van der Waals surface area contributed by atoms with Crippen molar-refractivity contribution < 1.29 is 0 Å². The zero-order valence-corrected chi connectivity index (χ0v) is 18.3. The van der Waals surface area contributed by atoms with Crippen molar-refractivity contribution in [3.63, 3.8) is 0 Å². The van der Waals surface area contributed by atoms with Crippen LogP contribution in [0.4, 0.5) is 0 Å². The largest absolute Gasteiger partial charge is 0.361 e. The number of fused-ring (bicyclic) bond motifs is 4. The lowest BCUT2D eigenvalue weighted by Crippen LogP contribution is -1.93. The molecule has 2 heterocycles. The van der Waals surface area contributed by atoms with Crippen LogP contribution >= 0.6 is 0 Å². The second-order valence-corrected chi connectivity index (χ2v) is 8.60. The van der Waals surface area contributed by atoms with Crippen molar-refractivity contribution in [2.45, 2.75) is 26.2 Å². The summed E-state index contributed by atoms with van der Waals surface area (Å²) >= 11 is 0. The van der Waals surface area contributed by atoms with Crippen LogP contribution in [0.1, 0.15) is 25.3 Å². The molecule has 0 aliphatic heterocycles. The number of hydrogen-bond acceptors (Lipinski definition) is 0. The minimum Gasteiger partial charge on any atom is -0.361 e. The van der Waals surface area contributed by atoms with Gasteiger partial charge in [-0.1, -0.05) is 80.1 Å². The molecule has 32 heavy (non-hydrogen) atoms. The van der Waals surface area contributed by atoms with Crippen molar-refractivity contribution in [1.29, 1.82) is 0 Å². The van der Waals surface area contributed by atoms with E-state index in [0.29, 0.717) is 0 Å². The first-order chi connectivity index (χ1) is 15.8. The Bertz CT molecular complexity index is 1550. The molecule has 0 aliphatic carbocycles. The molecular weight excluding hydrogens is 388 g/mol. The van der Waals surface area contributed by atoms with Gasteiger partial charge in [-0.05, 0) is 47.7 Å². The third kappa shape index (κ3) is 2.95. The first-order valence-electron chi connectivity index (χ1n) is 11.5. The standard InChI is InChI=1S/C30H26N2/c1-2-3-11-21-18-24(20-12-5-4-6-13-20)29(25-19-31-26-16-9-7-14-22(25)26)30-28(21)23-15-8-10-17-27(23)32-30/h4-10,12-19,31-32H,2-3,11H2,1H3. The highest BCUT2D eigenvalue weighted by molar-refractivity contribution is 6.18. The summed E-state index contributed by atoms with van der Waals surface area (Å²) in [5.41, 5.74) is 10.1. The van der Waals surface area contributed by atoms with E-state index < -0.39 is 0 Å². The van der Waals surface area contributed by atoms with Crippen molar-refractivity contribution in [1.82, 2.24) is 9.97 Å². The molecule has 2 heteroatoms. The predicted octanol–water partition coefficient (Wildman–Crippen LogP) is 8.48. The molecule has 6 rings (SSSR count). The fraction of sp³-hybridized carbons (Fsp3) is 0.133. The van der Waals surface area contributed by atoms with Gasteiger partial charge in [0.15, 0.2) is 0 Å². The summed E-state index contributed by atoms with van der Waals surface area (Å²) in [4.78, 5) is 7.31. The maximum atomic E-state index is 3.81. The molecule has 2 aromatic heterocycles. The summed E-state index contributed by atoms with van der Waals surface area (Å²) in [5, 5.41) is 3.94. The second kappa shape index (κ2) is 7.72. The van der Waals surface area contributed by atoms with Crippen LogP contribution in [0.2, 0.25) is 0 Å². The lowest BCUT2D eigenvalue weighted by atomic mass is 9.88. The topological polar surface area (TPSA) is 31.6 Å². The summed E-state index contributed by atoms with van der Waals surface area (Å²) in [6.45, 7) is 2.27. The number of aromatic amines is 2. The Morgan fingerprint density at radius 1 is 0.719 bits per heavy atom. The third-order valence-electron chi connectivity index (χ3n) is 6.61. The third-order valence-corrected chi connectivity index (χ3v) is 6.61. The minimum absolute atomic E-state index is 1.09. The van der Waals surface area contributed by atoms with Crippen molar-refractivity contribution in [3.8, 4) is 22.3 Å². The van der Waals surface area contributed by atoms with Crippen molar-refractivity contribution in [2.24, 2.45) is 0 Å². The molecular formula is C30H26N2. The molecule has 6 aromatic rings. The quantitative estimate of drug-likeness (QED) is 0.283. The molecule has 0 saturated heterocycles. The SMILES string of the molecule is CCCCc1cc(-c2ccccc2)c(-c2c[nH]c3ccccc23)c2[nH]c3ccccc3c12. The summed E-state index contributed by atoms with van der Waals surface area (Å²) in [7, 11) is 0. The Balaban J connectivity index is 1.79. The maximum absolute atomic E-state index is 3.81. The first kappa shape index (κ1) is 18.9. The van der Waals surface area contributed by atoms with E-state index in [2.05, 4.69) is 108 Å². The molecule has 4 aromatic carbocycles. The average Bonchev–Trinajstić information content (AvgIpc) is 3.45. The van der Waals surface area contributed by atoms with Crippen LogP contribution < -0.4 is 0 Å². The summed E-state index contributed by atoms with van der Waals surface area (Å²) < 4.78 is 0. The number of aromatic nitrogens is 2. The van der Waals surface area contributed by atoms with Gasteiger partial charge in [0.1, 0.15) is 0 Å². The molecule has 2 nitrogen and oxygen atoms in total. The zero-order valence-electron chi connectivity index (χ0n) is 18.3. The molecule has 0 radical (unpaired) electrons. The first-order valence-corrected chi connectivity index (χ1v) is 11.5. The van der Waals surface area contributed by atoms with E-state index in [1.165, 1.54) is 73.4 Å². The van der Waals surface area contributed by atoms with Crippen LogP contribution in [0, 0.1) is 0 Å². The molecule has 0 fully saturated rings. The van der Waals surface area contributed by atoms with Crippen LogP contribution in [0.15, 0.2) is 91.1 Å². The number of rotatable bonds is 5. The highest BCUT2D eigenvalue weighted by Crippen LogP contribution is 2.44. The molecule has 0 amide bonds. The number of aryl methyl sites for hydroxylation is 1. The molecule has 0 bridgehead atoms. The fourth-order valence-corrected chi connectivity index (χ4v) is 5.08. The van der Waals surface area contributed by atoms with Crippen molar-refractivity contribution in [3.05, 3.63) is 96.7 Å². The minimum atomic E-state index is 1.09. The second-order valence-electron chi connectivity index (χ2n) is 8.60. The van der Waals surface area contributed by atoms with E-state index in [9.17, 15) is 0 Å². The van der Waals surface area contributed by atoms with Gasteiger partial charge in [-0.3, -0.25) is 0 Å². The Labute approximate surface area is 187 Å². The number of nitrogens with one attached hydrogen (secondary N) is 2. The number of para-hydroxylation sites is 2. The summed E-state index contributed by atoms with van der Waals surface area (Å²) in [6, 6.07) is 30.6.